The number of nitrogens with zero attached hydrogens (tertiary/aromatic N) is 2. The molecule has 2 rings (SSSR count). The van der Waals surface area contributed by atoms with Crippen molar-refractivity contribution in [2.75, 3.05) is 13.1 Å². The highest BCUT2D eigenvalue weighted by Crippen LogP contribution is 2.29. The molecule has 1 aliphatic rings. The smallest absolute Gasteiger partial charge is 0.207 e. The fourth-order valence-corrected chi connectivity index (χ4v) is 3.82. The number of benzene rings is 1. The quantitative estimate of drug-likeness (QED) is 0.810. The molecule has 20 heavy (non-hydrogen) atoms. The van der Waals surface area contributed by atoms with Crippen molar-refractivity contribution in [3.05, 3.63) is 30.1 Å². The molecule has 0 amide bonds. The SMILES string of the molecule is N#CCCN(CC1CCC1)S(=O)(=O)c1ccccc1F. The Labute approximate surface area is 118 Å². The van der Waals surface area contributed by atoms with Crippen LogP contribution in [0.3, 0.4) is 0 Å². The van der Waals surface area contributed by atoms with Crippen molar-refractivity contribution >= 4 is 10.0 Å². The summed E-state index contributed by atoms with van der Waals surface area (Å²) in [6.45, 7) is 0.488. The van der Waals surface area contributed by atoms with Crippen molar-refractivity contribution in [3.8, 4) is 6.07 Å². The maximum absolute atomic E-state index is 13.7. The summed E-state index contributed by atoms with van der Waals surface area (Å²) in [7, 11) is -3.87. The lowest BCUT2D eigenvalue weighted by molar-refractivity contribution is 0.247. The summed E-state index contributed by atoms with van der Waals surface area (Å²) >= 11 is 0. The topological polar surface area (TPSA) is 61.2 Å². The average molecular weight is 296 g/mol. The number of rotatable bonds is 6. The van der Waals surface area contributed by atoms with E-state index in [-0.39, 0.29) is 17.9 Å². The Hall–Kier alpha value is -1.45. The minimum atomic E-state index is -3.87. The number of sulfonamides is 1. The van der Waals surface area contributed by atoms with E-state index >= 15 is 0 Å². The second-order valence-electron chi connectivity index (χ2n) is 5.00. The second-order valence-corrected chi connectivity index (χ2v) is 6.90. The molecule has 0 aromatic heterocycles. The van der Waals surface area contributed by atoms with Crippen LogP contribution in [0.2, 0.25) is 0 Å². The Morgan fingerprint density at radius 1 is 1.35 bits per heavy atom. The monoisotopic (exact) mass is 296 g/mol. The van der Waals surface area contributed by atoms with Crippen molar-refractivity contribution in [1.82, 2.24) is 4.31 Å². The van der Waals surface area contributed by atoms with Gasteiger partial charge in [0, 0.05) is 19.5 Å². The zero-order valence-corrected chi connectivity index (χ0v) is 11.9. The Bertz CT molecular complexity index is 606. The van der Waals surface area contributed by atoms with Crippen molar-refractivity contribution in [2.45, 2.75) is 30.6 Å². The summed E-state index contributed by atoms with van der Waals surface area (Å²) in [6, 6.07) is 7.31. The summed E-state index contributed by atoms with van der Waals surface area (Å²) in [5.74, 6) is -0.418. The molecule has 0 radical (unpaired) electrons. The molecule has 6 heteroatoms. The van der Waals surface area contributed by atoms with Crippen LogP contribution in [0.1, 0.15) is 25.7 Å². The first-order valence-electron chi connectivity index (χ1n) is 6.67. The molecule has 0 aliphatic heterocycles. The maximum Gasteiger partial charge on any atom is 0.246 e. The highest BCUT2D eigenvalue weighted by atomic mass is 32.2. The van der Waals surface area contributed by atoms with E-state index < -0.39 is 15.8 Å². The molecule has 1 aliphatic carbocycles. The molecule has 1 saturated carbocycles. The summed E-state index contributed by atoms with van der Waals surface area (Å²) in [4.78, 5) is -0.308. The van der Waals surface area contributed by atoms with Gasteiger partial charge in [0.1, 0.15) is 10.7 Å². The predicted molar refractivity (Wildman–Crippen MR) is 72.7 cm³/mol. The first-order chi connectivity index (χ1) is 9.55. The van der Waals surface area contributed by atoms with Crippen molar-refractivity contribution in [2.24, 2.45) is 5.92 Å². The average Bonchev–Trinajstić information content (AvgIpc) is 2.36. The van der Waals surface area contributed by atoms with E-state index in [0.717, 1.165) is 25.3 Å². The van der Waals surface area contributed by atoms with E-state index in [1.165, 1.54) is 22.5 Å². The van der Waals surface area contributed by atoms with E-state index in [0.29, 0.717) is 12.5 Å². The summed E-state index contributed by atoms with van der Waals surface area (Å²) in [5, 5.41) is 8.67. The zero-order valence-electron chi connectivity index (χ0n) is 11.1. The van der Waals surface area contributed by atoms with Crippen LogP contribution >= 0.6 is 0 Å². The minimum Gasteiger partial charge on any atom is -0.207 e. The molecule has 108 valence electrons. The molecule has 0 N–H and O–H groups in total. The fourth-order valence-electron chi connectivity index (χ4n) is 2.24. The van der Waals surface area contributed by atoms with E-state index in [2.05, 4.69) is 0 Å². The fraction of sp³-hybridized carbons (Fsp3) is 0.500. The summed E-state index contributed by atoms with van der Waals surface area (Å²) < 4.78 is 40.0. The van der Waals surface area contributed by atoms with Crippen LogP contribution in [-0.2, 0) is 10.0 Å². The third-order valence-corrected chi connectivity index (χ3v) is 5.51. The highest BCUT2D eigenvalue weighted by molar-refractivity contribution is 7.89. The number of halogens is 1. The summed E-state index contributed by atoms with van der Waals surface area (Å²) in [6.07, 6.45) is 3.21. The summed E-state index contributed by atoms with van der Waals surface area (Å²) in [5.41, 5.74) is 0. The lowest BCUT2D eigenvalue weighted by atomic mass is 9.85. The van der Waals surface area contributed by atoms with Crippen molar-refractivity contribution < 1.29 is 12.8 Å². The van der Waals surface area contributed by atoms with Gasteiger partial charge < -0.3 is 0 Å². The van der Waals surface area contributed by atoms with Crippen molar-refractivity contribution in [1.29, 1.82) is 5.26 Å². The third kappa shape index (κ3) is 3.17. The zero-order chi connectivity index (χ0) is 14.6. The van der Waals surface area contributed by atoms with E-state index in [9.17, 15) is 12.8 Å². The molecular formula is C14H17FN2O2S. The molecule has 0 atom stereocenters. The van der Waals surface area contributed by atoms with Gasteiger partial charge >= 0.3 is 0 Å². The molecule has 0 bridgehead atoms. The molecule has 1 fully saturated rings. The Kier molecular flexibility index (Phi) is 4.73. The lowest BCUT2D eigenvalue weighted by Gasteiger charge is -2.31. The first kappa shape index (κ1) is 14.9. The molecule has 1 aromatic rings. The largest absolute Gasteiger partial charge is 0.246 e. The van der Waals surface area contributed by atoms with Gasteiger partial charge in [0.05, 0.1) is 6.07 Å². The molecule has 0 spiro atoms. The number of hydrogen-bond acceptors (Lipinski definition) is 3. The first-order valence-corrected chi connectivity index (χ1v) is 8.11. The van der Waals surface area contributed by atoms with E-state index in [4.69, 9.17) is 5.26 Å². The molecule has 0 unspecified atom stereocenters. The van der Waals surface area contributed by atoms with E-state index in [1.54, 1.807) is 0 Å². The normalized spacial score (nSPS) is 15.8. The van der Waals surface area contributed by atoms with Gasteiger partial charge in [-0.2, -0.15) is 9.57 Å². The van der Waals surface area contributed by atoms with Crippen LogP contribution in [-0.4, -0.2) is 25.8 Å². The van der Waals surface area contributed by atoms with Gasteiger partial charge in [-0.1, -0.05) is 18.6 Å². The maximum atomic E-state index is 13.7. The van der Waals surface area contributed by atoms with Crippen LogP contribution in [0.4, 0.5) is 4.39 Å². The van der Waals surface area contributed by atoms with Crippen LogP contribution in [0.25, 0.3) is 0 Å². The van der Waals surface area contributed by atoms with Gasteiger partial charge in [0.2, 0.25) is 10.0 Å². The second kappa shape index (κ2) is 6.33. The standard InChI is InChI=1S/C14H17FN2O2S/c15-13-7-1-2-8-14(13)20(18,19)17(10-4-9-16)11-12-5-3-6-12/h1-2,7-8,12H,3-6,10-11H2. The number of nitriles is 1. The third-order valence-electron chi connectivity index (χ3n) is 3.61. The Morgan fingerprint density at radius 2 is 2.05 bits per heavy atom. The molecule has 0 heterocycles. The highest BCUT2D eigenvalue weighted by Gasteiger charge is 2.30. The molecule has 0 saturated heterocycles. The van der Waals surface area contributed by atoms with Crippen LogP contribution in [0.5, 0.6) is 0 Å². The van der Waals surface area contributed by atoms with Gasteiger partial charge in [0.15, 0.2) is 0 Å². The molecule has 4 nitrogen and oxygen atoms in total. The van der Waals surface area contributed by atoms with Gasteiger partial charge in [-0.25, -0.2) is 12.8 Å². The van der Waals surface area contributed by atoms with Crippen LogP contribution < -0.4 is 0 Å². The number of hydrogen-bond donors (Lipinski definition) is 0. The van der Waals surface area contributed by atoms with E-state index in [1.807, 2.05) is 6.07 Å². The van der Waals surface area contributed by atoms with Crippen molar-refractivity contribution in [3.63, 3.8) is 0 Å². The van der Waals surface area contributed by atoms with Gasteiger partial charge in [0.25, 0.3) is 0 Å². The van der Waals surface area contributed by atoms with Gasteiger partial charge in [-0.05, 0) is 30.9 Å². The Balaban J connectivity index is 2.25. The predicted octanol–water partition coefficient (Wildman–Crippen LogP) is 2.53. The van der Waals surface area contributed by atoms with Crippen LogP contribution in [0.15, 0.2) is 29.2 Å². The minimum absolute atomic E-state index is 0.112. The lowest BCUT2D eigenvalue weighted by Crippen LogP contribution is -2.38. The Morgan fingerprint density at radius 3 is 2.60 bits per heavy atom. The van der Waals surface area contributed by atoms with Crippen LogP contribution in [0, 0.1) is 23.1 Å². The molecular weight excluding hydrogens is 279 g/mol. The molecule has 1 aromatic carbocycles. The van der Waals surface area contributed by atoms with Gasteiger partial charge in [-0.15, -0.1) is 0 Å². The van der Waals surface area contributed by atoms with Gasteiger partial charge in [-0.3, -0.25) is 0 Å².